The van der Waals surface area contributed by atoms with E-state index >= 15 is 0 Å². The molecule has 0 aliphatic heterocycles. The summed E-state index contributed by atoms with van der Waals surface area (Å²) in [6.07, 6.45) is 82.5. The molecule has 0 amide bonds. The van der Waals surface area contributed by atoms with Crippen LogP contribution in [0, 0.1) is 0 Å². The van der Waals surface area contributed by atoms with Gasteiger partial charge in [-0.3, -0.25) is 14.4 Å². The second-order valence-corrected chi connectivity index (χ2v) is 24.9. The zero-order valence-electron chi connectivity index (χ0n) is 53.9. The molecule has 0 aromatic rings. The van der Waals surface area contributed by atoms with Crippen LogP contribution < -0.4 is 0 Å². The van der Waals surface area contributed by atoms with Gasteiger partial charge in [-0.2, -0.15) is 0 Å². The Bertz CT molecular complexity index is 1230. The molecule has 0 aromatic carbocycles. The minimum atomic E-state index is -0.770. The van der Waals surface area contributed by atoms with Crippen LogP contribution in [0.3, 0.4) is 0 Å². The fourth-order valence-electron chi connectivity index (χ4n) is 11.3. The highest BCUT2D eigenvalue weighted by Gasteiger charge is 2.19. The van der Waals surface area contributed by atoms with Crippen molar-refractivity contribution in [3.8, 4) is 0 Å². The van der Waals surface area contributed by atoms with Crippen LogP contribution >= 0.6 is 0 Å². The van der Waals surface area contributed by atoms with Gasteiger partial charge in [-0.1, -0.05) is 367 Å². The Balaban J connectivity index is 4.19. The Kier molecular flexibility index (Phi) is 67.0. The van der Waals surface area contributed by atoms with Gasteiger partial charge in [0.25, 0.3) is 0 Å². The molecule has 0 rings (SSSR count). The molecule has 6 nitrogen and oxygen atoms in total. The zero-order valence-corrected chi connectivity index (χ0v) is 53.9. The molecule has 0 spiro atoms. The molecule has 0 fully saturated rings. The number of carbonyl (C=O) groups is 3. The third kappa shape index (κ3) is 66.8. The first-order chi connectivity index (χ1) is 39.0. The number of carbonyl (C=O) groups excluding carboxylic acids is 3. The number of esters is 3. The highest BCUT2D eigenvalue weighted by Crippen LogP contribution is 2.19. The molecule has 79 heavy (non-hydrogen) atoms. The van der Waals surface area contributed by atoms with Gasteiger partial charge in [0.1, 0.15) is 13.2 Å². The predicted molar refractivity (Wildman–Crippen MR) is 344 cm³/mol. The lowest BCUT2D eigenvalue weighted by molar-refractivity contribution is -0.167. The van der Waals surface area contributed by atoms with E-state index in [0.29, 0.717) is 19.3 Å². The highest BCUT2D eigenvalue weighted by atomic mass is 16.6. The monoisotopic (exact) mass is 1110 g/mol. The van der Waals surface area contributed by atoms with Crippen LogP contribution in [0.1, 0.15) is 419 Å². The fourth-order valence-corrected chi connectivity index (χ4v) is 11.3. The summed E-state index contributed by atoms with van der Waals surface area (Å²) in [4.78, 5) is 38.4. The summed E-state index contributed by atoms with van der Waals surface area (Å²) in [7, 11) is 0. The van der Waals surface area contributed by atoms with Gasteiger partial charge in [-0.05, 0) is 44.9 Å². The minimum Gasteiger partial charge on any atom is -0.462 e. The maximum atomic E-state index is 13.0. The zero-order chi connectivity index (χ0) is 57.1. The predicted octanol–water partition coefficient (Wildman–Crippen LogP) is 24.8. The first-order valence-electron chi connectivity index (χ1n) is 36.2. The molecule has 0 aliphatic carbocycles. The normalized spacial score (nSPS) is 12.0. The smallest absolute Gasteiger partial charge is 0.306 e. The van der Waals surface area contributed by atoms with Crippen molar-refractivity contribution in [1.29, 1.82) is 0 Å². The molecule has 1 atom stereocenters. The minimum absolute atomic E-state index is 0.0656. The van der Waals surface area contributed by atoms with Crippen LogP contribution in [0.5, 0.6) is 0 Å². The van der Waals surface area contributed by atoms with E-state index in [1.807, 2.05) is 0 Å². The van der Waals surface area contributed by atoms with E-state index in [4.69, 9.17) is 14.2 Å². The Morgan fingerprint density at radius 3 is 0.646 bits per heavy atom. The number of rotatable bonds is 68. The maximum Gasteiger partial charge on any atom is 0.306 e. The number of ether oxygens (including phenoxy) is 3. The summed E-state index contributed by atoms with van der Waals surface area (Å²) in [5.74, 6) is -0.838. The number of allylic oxidation sites excluding steroid dienone is 2. The molecular weight excluding hydrogens is 973 g/mol. The standard InChI is InChI=1S/C73H140O6/c1-4-7-10-13-16-19-22-25-27-29-31-33-35-37-39-41-43-45-48-51-54-57-60-63-66-72(75)78-69-70(68-77-71(74)65-62-59-56-53-50-47-24-21-18-15-12-9-6-3)79-73(76)67-64-61-58-55-52-49-46-44-42-40-38-36-34-32-30-28-26-23-20-17-14-11-8-5-2/h21,24,70H,4-20,22-23,25-69H2,1-3H3/b24-21-. The average Bonchev–Trinajstić information content (AvgIpc) is 3.45. The fraction of sp³-hybridized carbons (Fsp3) is 0.932. The number of unbranched alkanes of at least 4 members (excludes halogenated alkanes) is 55. The Morgan fingerprint density at radius 1 is 0.241 bits per heavy atom. The molecule has 0 aliphatic rings. The first-order valence-corrected chi connectivity index (χ1v) is 36.2. The largest absolute Gasteiger partial charge is 0.462 e. The molecule has 0 N–H and O–H groups in total. The van der Waals surface area contributed by atoms with Crippen molar-refractivity contribution in [2.24, 2.45) is 0 Å². The van der Waals surface area contributed by atoms with Gasteiger partial charge in [0.15, 0.2) is 6.10 Å². The van der Waals surface area contributed by atoms with Crippen LogP contribution in [0.15, 0.2) is 12.2 Å². The van der Waals surface area contributed by atoms with E-state index in [1.165, 1.54) is 315 Å². The lowest BCUT2D eigenvalue weighted by Crippen LogP contribution is -2.30. The maximum absolute atomic E-state index is 13.0. The van der Waals surface area contributed by atoms with Gasteiger partial charge in [0.2, 0.25) is 0 Å². The molecule has 0 bridgehead atoms. The molecule has 468 valence electrons. The third-order valence-electron chi connectivity index (χ3n) is 16.8. The Hall–Kier alpha value is -1.85. The second kappa shape index (κ2) is 68.6. The van der Waals surface area contributed by atoms with Crippen molar-refractivity contribution in [3.63, 3.8) is 0 Å². The van der Waals surface area contributed by atoms with Gasteiger partial charge in [-0.15, -0.1) is 0 Å². The second-order valence-electron chi connectivity index (χ2n) is 24.9. The Labute approximate surface area is 494 Å². The number of hydrogen-bond acceptors (Lipinski definition) is 6. The van der Waals surface area contributed by atoms with Gasteiger partial charge in [0, 0.05) is 19.3 Å². The number of hydrogen-bond donors (Lipinski definition) is 0. The molecule has 0 heterocycles. The van der Waals surface area contributed by atoms with E-state index in [1.54, 1.807) is 0 Å². The van der Waals surface area contributed by atoms with Gasteiger partial charge in [-0.25, -0.2) is 0 Å². The summed E-state index contributed by atoms with van der Waals surface area (Å²) >= 11 is 0. The lowest BCUT2D eigenvalue weighted by Gasteiger charge is -2.18. The van der Waals surface area contributed by atoms with E-state index in [-0.39, 0.29) is 31.1 Å². The van der Waals surface area contributed by atoms with Crippen LogP contribution in [-0.2, 0) is 28.6 Å². The molecule has 0 saturated heterocycles. The highest BCUT2D eigenvalue weighted by molar-refractivity contribution is 5.71. The summed E-state index contributed by atoms with van der Waals surface area (Å²) < 4.78 is 17.0. The van der Waals surface area contributed by atoms with Crippen LogP contribution in [-0.4, -0.2) is 37.2 Å². The summed E-state index contributed by atoms with van der Waals surface area (Å²) in [5.41, 5.74) is 0. The van der Waals surface area contributed by atoms with Crippen LogP contribution in [0.2, 0.25) is 0 Å². The van der Waals surface area contributed by atoms with Crippen molar-refractivity contribution in [1.82, 2.24) is 0 Å². The molecule has 0 aromatic heterocycles. The van der Waals surface area contributed by atoms with Crippen molar-refractivity contribution in [2.45, 2.75) is 425 Å². The van der Waals surface area contributed by atoms with Crippen molar-refractivity contribution in [2.75, 3.05) is 13.2 Å². The summed E-state index contributed by atoms with van der Waals surface area (Å²) in [6, 6.07) is 0. The van der Waals surface area contributed by atoms with Gasteiger partial charge in [0.05, 0.1) is 0 Å². The van der Waals surface area contributed by atoms with Crippen molar-refractivity contribution >= 4 is 17.9 Å². The molecule has 0 saturated carbocycles. The quantitative estimate of drug-likeness (QED) is 0.0261. The molecule has 0 radical (unpaired) electrons. The molecule has 1 unspecified atom stereocenters. The van der Waals surface area contributed by atoms with Gasteiger partial charge >= 0.3 is 17.9 Å². The van der Waals surface area contributed by atoms with Crippen molar-refractivity contribution in [3.05, 3.63) is 12.2 Å². The van der Waals surface area contributed by atoms with E-state index in [0.717, 1.165) is 64.2 Å². The van der Waals surface area contributed by atoms with Crippen molar-refractivity contribution < 1.29 is 28.6 Å². The average molecular weight is 1110 g/mol. The topological polar surface area (TPSA) is 78.9 Å². The summed E-state index contributed by atoms with van der Waals surface area (Å²) in [5, 5.41) is 0. The van der Waals surface area contributed by atoms with Crippen LogP contribution in [0.25, 0.3) is 0 Å². The summed E-state index contributed by atoms with van der Waals surface area (Å²) in [6.45, 7) is 6.71. The lowest BCUT2D eigenvalue weighted by atomic mass is 10.0. The van der Waals surface area contributed by atoms with Gasteiger partial charge < -0.3 is 14.2 Å². The third-order valence-corrected chi connectivity index (χ3v) is 16.8. The Morgan fingerprint density at radius 2 is 0.418 bits per heavy atom. The van der Waals surface area contributed by atoms with E-state index < -0.39 is 6.10 Å². The van der Waals surface area contributed by atoms with Crippen LogP contribution in [0.4, 0.5) is 0 Å². The van der Waals surface area contributed by atoms with E-state index in [2.05, 4.69) is 32.9 Å². The molecule has 6 heteroatoms. The SMILES string of the molecule is CCCCCC/C=C\CCCCCCCC(=O)OCC(COC(=O)CCCCCCCCCCCCCCCCCCCCCCCCCC)OC(=O)CCCCCCCCCCCCCCCCCCCCCCCCCC. The van der Waals surface area contributed by atoms with E-state index in [9.17, 15) is 14.4 Å². The first kappa shape index (κ1) is 77.2. The molecular formula is C73H140O6.